The molecule has 2 aromatic carbocycles. The van der Waals surface area contributed by atoms with Gasteiger partial charge in [0.15, 0.2) is 11.3 Å². The van der Waals surface area contributed by atoms with E-state index in [1.807, 2.05) is 38.1 Å². The molecule has 2 aromatic heterocycles. The van der Waals surface area contributed by atoms with E-state index in [0.29, 0.717) is 12.6 Å². The van der Waals surface area contributed by atoms with Crippen molar-refractivity contribution in [1.82, 2.24) is 15.2 Å². The molecule has 4 aromatic rings. The van der Waals surface area contributed by atoms with Crippen LogP contribution in [0.1, 0.15) is 22.5 Å². The fourth-order valence-electron chi connectivity index (χ4n) is 3.46. The van der Waals surface area contributed by atoms with Crippen molar-refractivity contribution >= 4 is 17.6 Å². The standard InChI is InChI=1S/C23H19F3N6O3/c1-13-21(14(2)28-12-27-13)16-5-3-15(4-6-16)10-32-11-20(35-31-32)30-22(34)29-17-7-8-19(33)18(9-17)23(24,25)26/h3-9,11-12,31H,10H2,1-2H3,(H,30,34). The Morgan fingerprint density at radius 3 is 2.46 bits per heavy atom. The number of phenolic OH excluding ortho intramolecular Hbond substituents is 1. The number of halogens is 3. The van der Waals surface area contributed by atoms with Crippen molar-refractivity contribution in [2.45, 2.75) is 26.6 Å². The second-order valence-corrected chi connectivity index (χ2v) is 7.63. The molecule has 0 bridgehead atoms. The molecule has 2 amide bonds. The minimum Gasteiger partial charge on any atom is -0.507 e. The molecule has 12 heteroatoms. The Morgan fingerprint density at radius 2 is 1.80 bits per heavy atom. The van der Waals surface area contributed by atoms with Crippen molar-refractivity contribution in [2.24, 2.45) is 0 Å². The number of benzene rings is 2. The summed E-state index contributed by atoms with van der Waals surface area (Å²) in [6, 6.07) is 9.31. The Kier molecular flexibility index (Phi) is 6.36. The Bertz CT molecular complexity index is 1350. The summed E-state index contributed by atoms with van der Waals surface area (Å²) >= 11 is 0. The number of hydrogen-bond acceptors (Lipinski definition) is 6. The number of alkyl halides is 3. The summed E-state index contributed by atoms with van der Waals surface area (Å²) in [5.41, 5.74) is 3.14. The molecule has 0 aliphatic heterocycles. The molecule has 0 unspecified atom stereocenters. The third kappa shape index (κ3) is 5.54. The summed E-state index contributed by atoms with van der Waals surface area (Å²) in [4.78, 5) is 20.6. The fraction of sp³-hybridized carbons (Fsp3) is 0.174. The van der Waals surface area contributed by atoms with Crippen LogP contribution in [-0.2, 0) is 12.7 Å². The van der Waals surface area contributed by atoms with Crippen LogP contribution in [0.15, 0.2) is 59.5 Å². The maximum Gasteiger partial charge on any atom is 0.419 e. The third-order valence-corrected chi connectivity index (χ3v) is 5.08. The van der Waals surface area contributed by atoms with Crippen LogP contribution in [0, 0.1) is 13.8 Å². The maximum absolute atomic E-state index is 12.9. The smallest absolute Gasteiger partial charge is 0.419 e. The van der Waals surface area contributed by atoms with E-state index in [2.05, 4.69) is 25.9 Å². The predicted molar refractivity (Wildman–Crippen MR) is 118 cm³/mol. The summed E-state index contributed by atoms with van der Waals surface area (Å²) < 4.78 is 45.2. The van der Waals surface area contributed by atoms with E-state index in [1.54, 1.807) is 0 Å². The van der Waals surface area contributed by atoms with Gasteiger partial charge in [0, 0.05) is 22.5 Å². The molecule has 0 radical (unpaired) electrons. The van der Waals surface area contributed by atoms with Crippen LogP contribution in [0.5, 0.6) is 5.75 Å². The van der Waals surface area contributed by atoms with Gasteiger partial charge in [0.25, 0.3) is 0 Å². The molecular weight excluding hydrogens is 465 g/mol. The van der Waals surface area contributed by atoms with Crippen LogP contribution in [0.3, 0.4) is 0 Å². The van der Waals surface area contributed by atoms with Gasteiger partial charge >= 0.3 is 6.18 Å². The van der Waals surface area contributed by atoms with Crippen LogP contribution in [0.25, 0.3) is 16.4 Å². The lowest BCUT2D eigenvalue weighted by atomic mass is 10.0. The first-order chi connectivity index (χ1) is 16.6. The lowest BCUT2D eigenvalue weighted by molar-refractivity contribution is -0.754. The highest BCUT2D eigenvalue weighted by atomic mass is 19.4. The lowest BCUT2D eigenvalue weighted by Crippen LogP contribution is -2.35. The zero-order valence-electron chi connectivity index (χ0n) is 18.5. The van der Waals surface area contributed by atoms with Crippen molar-refractivity contribution in [3.63, 3.8) is 0 Å². The largest absolute Gasteiger partial charge is 0.507 e. The van der Waals surface area contributed by atoms with E-state index in [9.17, 15) is 23.1 Å². The van der Waals surface area contributed by atoms with Gasteiger partial charge in [-0.05, 0) is 41.9 Å². The second-order valence-electron chi connectivity index (χ2n) is 7.63. The monoisotopic (exact) mass is 484 g/mol. The first-order valence-corrected chi connectivity index (χ1v) is 10.3. The van der Waals surface area contributed by atoms with Gasteiger partial charge in [-0.1, -0.05) is 30.3 Å². The van der Waals surface area contributed by atoms with E-state index in [1.165, 1.54) is 17.2 Å². The van der Waals surface area contributed by atoms with Gasteiger partial charge < -0.3 is 20.3 Å². The molecule has 35 heavy (non-hydrogen) atoms. The van der Waals surface area contributed by atoms with Gasteiger partial charge in [0.2, 0.25) is 18.6 Å². The van der Waals surface area contributed by atoms with Gasteiger partial charge in [0.05, 0.1) is 5.56 Å². The lowest BCUT2D eigenvalue weighted by Gasteiger charge is -2.16. The van der Waals surface area contributed by atoms with Crippen LogP contribution < -0.4 is 10.00 Å². The SMILES string of the molecule is Cc1ncnc(C)c1-c1ccc(C[n+]2cc([N-]C(=O)Nc3ccc(O)c(C(F)(F)F)c3)on2)cc1. The molecule has 4 rings (SSSR count). The van der Waals surface area contributed by atoms with Crippen molar-refractivity contribution in [2.75, 3.05) is 5.32 Å². The highest BCUT2D eigenvalue weighted by Crippen LogP contribution is 2.37. The molecule has 0 atom stereocenters. The van der Waals surface area contributed by atoms with Gasteiger partial charge in [-0.15, -0.1) is 0 Å². The number of aromatic hydroxyl groups is 1. The van der Waals surface area contributed by atoms with E-state index in [4.69, 9.17) is 4.52 Å². The molecule has 2 heterocycles. The third-order valence-electron chi connectivity index (χ3n) is 5.08. The van der Waals surface area contributed by atoms with Crippen LogP contribution in [-0.4, -0.2) is 26.4 Å². The molecule has 0 saturated carbocycles. The number of phenols is 1. The molecule has 2 N–H and O–H groups in total. The van der Waals surface area contributed by atoms with E-state index in [-0.39, 0.29) is 11.6 Å². The average Bonchev–Trinajstić information content (AvgIpc) is 3.22. The predicted octanol–water partition coefficient (Wildman–Crippen LogP) is 5.05. The highest BCUT2D eigenvalue weighted by Gasteiger charge is 2.33. The average molecular weight is 484 g/mol. The molecule has 0 saturated heterocycles. The quantitative estimate of drug-likeness (QED) is 0.302. The van der Waals surface area contributed by atoms with Crippen molar-refractivity contribution < 1.29 is 32.3 Å². The fourth-order valence-corrected chi connectivity index (χ4v) is 3.46. The van der Waals surface area contributed by atoms with Crippen molar-refractivity contribution in [3.8, 4) is 16.9 Å². The number of urea groups is 1. The molecule has 0 fully saturated rings. The topological polar surface area (TPSA) is 119 Å². The molecule has 180 valence electrons. The number of nitrogens with zero attached hydrogens (tertiary/aromatic N) is 5. The highest BCUT2D eigenvalue weighted by molar-refractivity contribution is 6.03. The Labute approximate surface area is 197 Å². The number of carbonyl (C=O) groups excluding carboxylic acids is 1. The number of aryl methyl sites for hydroxylation is 2. The van der Waals surface area contributed by atoms with Gasteiger partial charge in [-0.3, -0.25) is 4.79 Å². The maximum atomic E-state index is 12.9. The Morgan fingerprint density at radius 1 is 1.11 bits per heavy atom. The first-order valence-electron chi connectivity index (χ1n) is 10.3. The summed E-state index contributed by atoms with van der Waals surface area (Å²) in [5.74, 6) is -1.08. The number of hydrogen-bond donors (Lipinski definition) is 2. The summed E-state index contributed by atoms with van der Waals surface area (Å²) in [6.45, 7) is 4.17. The first kappa shape index (κ1) is 23.7. The Balaban J connectivity index is 1.39. The number of aromatic nitrogens is 4. The summed E-state index contributed by atoms with van der Waals surface area (Å²) in [5, 5.41) is 19.0. The van der Waals surface area contributed by atoms with Crippen molar-refractivity contribution in [1.29, 1.82) is 0 Å². The number of nitrogens with one attached hydrogen (secondary N) is 1. The molecule has 0 aliphatic rings. The Hall–Kier alpha value is -4.48. The van der Waals surface area contributed by atoms with Gasteiger partial charge in [0.1, 0.15) is 12.1 Å². The van der Waals surface area contributed by atoms with E-state index < -0.39 is 23.5 Å². The van der Waals surface area contributed by atoms with Crippen LogP contribution in [0.2, 0.25) is 0 Å². The van der Waals surface area contributed by atoms with Gasteiger partial charge in [-0.2, -0.15) is 13.2 Å². The van der Waals surface area contributed by atoms with Crippen LogP contribution in [0.4, 0.5) is 29.5 Å². The minimum atomic E-state index is -4.77. The minimum absolute atomic E-state index is 0.137. The molecule has 0 spiro atoms. The normalized spacial score (nSPS) is 11.3. The second kappa shape index (κ2) is 9.41. The van der Waals surface area contributed by atoms with E-state index >= 15 is 0 Å². The van der Waals surface area contributed by atoms with Crippen LogP contribution >= 0.6 is 0 Å². The number of rotatable bonds is 5. The zero-order chi connectivity index (χ0) is 25.2. The number of anilines is 1. The van der Waals surface area contributed by atoms with Gasteiger partial charge in [-0.25, -0.2) is 9.97 Å². The summed E-state index contributed by atoms with van der Waals surface area (Å²) in [6.07, 6.45) is -1.87. The number of amides is 2. The number of carbonyl (C=O) groups is 1. The summed E-state index contributed by atoms with van der Waals surface area (Å²) in [7, 11) is 0. The molecular formula is C23H19F3N6O3. The zero-order valence-corrected chi connectivity index (χ0v) is 18.5. The molecule has 0 aliphatic carbocycles. The van der Waals surface area contributed by atoms with Crippen molar-refractivity contribution in [3.05, 3.63) is 82.8 Å². The van der Waals surface area contributed by atoms with E-state index in [0.717, 1.165) is 40.2 Å². The molecule has 9 nitrogen and oxygen atoms in total.